The zero-order valence-corrected chi connectivity index (χ0v) is 18.7. The van der Waals surface area contributed by atoms with Crippen LogP contribution in [0.4, 0.5) is 5.69 Å². The summed E-state index contributed by atoms with van der Waals surface area (Å²) < 4.78 is 31.5. The lowest BCUT2D eigenvalue weighted by atomic mass is 10.2. The second-order valence-electron chi connectivity index (χ2n) is 6.31. The van der Waals surface area contributed by atoms with Crippen molar-refractivity contribution in [2.45, 2.75) is 19.8 Å². The van der Waals surface area contributed by atoms with Gasteiger partial charge in [0.25, 0.3) is 5.91 Å². The van der Waals surface area contributed by atoms with Crippen LogP contribution >= 0.6 is 15.9 Å². The van der Waals surface area contributed by atoms with Crippen molar-refractivity contribution in [1.82, 2.24) is 5.43 Å². The number of anilines is 1. The number of halogens is 1. The van der Waals surface area contributed by atoms with Gasteiger partial charge in [-0.3, -0.25) is 9.10 Å². The van der Waals surface area contributed by atoms with E-state index in [1.54, 1.807) is 24.3 Å². The summed E-state index contributed by atoms with van der Waals surface area (Å²) in [5.74, 6) is 0.226. The van der Waals surface area contributed by atoms with Crippen molar-refractivity contribution in [2.24, 2.45) is 5.10 Å². The predicted octanol–water partition coefficient (Wildman–Crippen LogP) is 3.54. The molecule has 0 aliphatic rings. The fourth-order valence-corrected chi connectivity index (χ4v) is 3.60. The van der Waals surface area contributed by atoms with Gasteiger partial charge < -0.3 is 4.74 Å². The minimum absolute atomic E-state index is 0.378. The molecule has 0 unspecified atom stereocenters. The van der Waals surface area contributed by atoms with E-state index in [0.29, 0.717) is 16.8 Å². The molecule has 0 bridgehead atoms. The number of carbonyl (C=O) groups excluding carboxylic acids is 1. The Morgan fingerprint density at radius 2 is 1.97 bits per heavy atom. The van der Waals surface area contributed by atoms with Gasteiger partial charge in [0.15, 0.2) is 0 Å². The lowest BCUT2D eigenvalue weighted by Crippen LogP contribution is -2.39. The van der Waals surface area contributed by atoms with Crippen molar-refractivity contribution in [1.29, 1.82) is 0 Å². The van der Waals surface area contributed by atoms with Crippen molar-refractivity contribution < 1.29 is 17.9 Å². The molecule has 2 aromatic carbocycles. The maximum Gasteiger partial charge on any atom is 0.260 e. The molecular formula is C20H24BrN3O4S. The van der Waals surface area contributed by atoms with Crippen molar-refractivity contribution in [3.63, 3.8) is 0 Å². The fraction of sp³-hybridized carbons (Fsp3) is 0.300. The van der Waals surface area contributed by atoms with Crippen molar-refractivity contribution in [2.75, 3.05) is 23.7 Å². The third-order valence-electron chi connectivity index (χ3n) is 3.83. The molecule has 0 heterocycles. The summed E-state index contributed by atoms with van der Waals surface area (Å²) in [4.78, 5) is 12.2. The first-order valence-corrected chi connectivity index (χ1v) is 11.7. The van der Waals surface area contributed by atoms with Crippen LogP contribution in [-0.4, -0.2) is 39.9 Å². The number of benzene rings is 2. The van der Waals surface area contributed by atoms with E-state index in [1.807, 2.05) is 24.3 Å². The van der Waals surface area contributed by atoms with E-state index in [-0.39, 0.29) is 6.54 Å². The number of nitrogens with one attached hydrogen (secondary N) is 1. The smallest absolute Gasteiger partial charge is 0.260 e. The Kier molecular flexibility index (Phi) is 8.66. The second-order valence-corrected chi connectivity index (χ2v) is 9.14. The van der Waals surface area contributed by atoms with Crippen molar-refractivity contribution >= 4 is 43.8 Å². The number of hydrogen-bond donors (Lipinski definition) is 1. The standard InChI is InChI=1S/C20H24BrN3O4S/c1-3-4-12-28-19-10-8-16(9-11-19)14-22-23-20(25)15-24(29(2,26)27)18-7-5-6-17(21)13-18/h5-11,13-14H,3-4,12,15H2,1-2H3,(H,23,25)/b22-14-. The Labute approximate surface area is 179 Å². The molecule has 2 aromatic rings. The van der Waals surface area contributed by atoms with Gasteiger partial charge in [-0.1, -0.05) is 35.3 Å². The number of unbranched alkanes of at least 4 members (excludes halogenated alkanes) is 1. The first-order chi connectivity index (χ1) is 13.8. The lowest BCUT2D eigenvalue weighted by Gasteiger charge is -2.21. The van der Waals surface area contributed by atoms with E-state index >= 15 is 0 Å². The Morgan fingerprint density at radius 3 is 2.59 bits per heavy atom. The Bertz CT molecular complexity index is 946. The maximum atomic E-state index is 12.2. The third-order valence-corrected chi connectivity index (χ3v) is 5.47. The van der Waals surface area contributed by atoms with E-state index < -0.39 is 15.9 Å². The van der Waals surface area contributed by atoms with Crippen LogP contribution < -0.4 is 14.5 Å². The molecule has 9 heteroatoms. The Hall–Kier alpha value is -2.39. The molecule has 0 spiro atoms. The van der Waals surface area contributed by atoms with E-state index in [9.17, 15) is 13.2 Å². The number of amides is 1. The van der Waals surface area contributed by atoms with Gasteiger partial charge in [-0.2, -0.15) is 5.10 Å². The van der Waals surface area contributed by atoms with Crippen molar-refractivity contribution in [3.05, 3.63) is 58.6 Å². The molecule has 0 aromatic heterocycles. The molecule has 29 heavy (non-hydrogen) atoms. The summed E-state index contributed by atoms with van der Waals surface area (Å²) in [5, 5.41) is 3.90. The summed E-state index contributed by atoms with van der Waals surface area (Å²) >= 11 is 3.30. The van der Waals surface area contributed by atoms with Gasteiger partial charge in [0.1, 0.15) is 12.3 Å². The van der Waals surface area contributed by atoms with E-state index in [4.69, 9.17) is 4.74 Å². The Morgan fingerprint density at radius 1 is 1.24 bits per heavy atom. The number of ether oxygens (including phenoxy) is 1. The molecule has 7 nitrogen and oxygen atoms in total. The van der Waals surface area contributed by atoms with Crippen LogP contribution in [0.3, 0.4) is 0 Å². The van der Waals surface area contributed by atoms with Crippen LogP contribution in [0.5, 0.6) is 5.75 Å². The minimum atomic E-state index is -3.64. The molecule has 0 atom stereocenters. The minimum Gasteiger partial charge on any atom is -0.494 e. The summed E-state index contributed by atoms with van der Waals surface area (Å²) in [6.45, 7) is 2.40. The van der Waals surface area contributed by atoms with Crippen LogP contribution in [0, 0.1) is 0 Å². The fourth-order valence-electron chi connectivity index (χ4n) is 2.36. The zero-order valence-electron chi connectivity index (χ0n) is 16.3. The second kappa shape index (κ2) is 11.0. The van der Waals surface area contributed by atoms with Crippen LogP contribution in [0.15, 0.2) is 58.1 Å². The van der Waals surface area contributed by atoms with E-state index in [2.05, 4.69) is 33.4 Å². The molecule has 2 rings (SSSR count). The van der Waals surface area contributed by atoms with Gasteiger partial charge in [0.05, 0.1) is 24.8 Å². The topological polar surface area (TPSA) is 88.1 Å². The molecule has 1 N–H and O–H groups in total. The highest BCUT2D eigenvalue weighted by molar-refractivity contribution is 9.10. The quantitative estimate of drug-likeness (QED) is 0.319. The average Bonchev–Trinajstić information content (AvgIpc) is 2.67. The SMILES string of the molecule is CCCCOc1ccc(/C=N\NC(=O)CN(c2cccc(Br)c2)S(C)(=O)=O)cc1. The van der Waals surface area contributed by atoms with Gasteiger partial charge in [0, 0.05) is 4.47 Å². The number of hydrazone groups is 1. The van der Waals surface area contributed by atoms with Gasteiger partial charge in [-0.25, -0.2) is 13.8 Å². The number of rotatable bonds is 10. The van der Waals surface area contributed by atoms with Gasteiger partial charge in [0.2, 0.25) is 10.0 Å². The molecule has 0 fully saturated rings. The molecule has 156 valence electrons. The van der Waals surface area contributed by atoms with Gasteiger partial charge >= 0.3 is 0 Å². The maximum absolute atomic E-state index is 12.2. The monoisotopic (exact) mass is 481 g/mol. The molecule has 0 aliphatic carbocycles. The number of carbonyl (C=O) groups is 1. The highest BCUT2D eigenvalue weighted by atomic mass is 79.9. The zero-order chi connectivity index (χ0) is 21.3. The highest BCUT2D eigenvalue weighted by Gasteiger charge is 2.20. The number of hydrogen-bond acceptors (Lipinski definition) is 5. The van der Waals surface area contributed by atoms with Crippen LogP contribution in [0.25, 0.3) is 0 Å². The predicted molar refractivity (Wildman–Crippen MR) is 119 cm³/mol. The molecule has 0 saturated carbocycles. The van der Waals surface area contributed by atoms with Gasteiger partial charge in [-0.05, 0) is 54.4 Å². The van der Waals surface area contributed by atoms with Gasteiger partial charge in [-0.15, -0.1) is 0 Å². The molecule has 0 aliphatic heterocycles. The molecule has 1 amide bonds. The lowest BCUT2D eigenvalue weighted by molar-refractivity contribution is -0.119. The third kappa shape index (κ3) is 7.86. The molecule has 0 saturated heterocycles. The first kappa shape index (κ1) is 22.9. The summed E-state index contributed by atoms with van der Waals surface area (Å²) in [5.41, 5.74) is 3.52. The summed E-state index contributed by atoms with van der Waals surface area (Å²) in [6, 6.07) is 14.0. The number of nitrogens with zero attached hydrogens (tertiary/aromatic N) is 2. The van der Waals surface area contributed by atoms with Crippen LogP contribution in [0.1, 0.15) is 25.3 Å². The highest BCUT2D eigenvalue weighted by Crippen LogP contribution is 2.21. The average molecular weight is 482 g/mol. The normalized spacial score (nSPS) is 11.4. The van der Waals surface area contributed by atoms with E-state index in [1.165, 1.54) is 6.21 Å². The first-order valence-electron chi connectivity index (χ1n) is 9.07. The van der Waals surface area contributed by atoms with Crippen molar-refractivity contribution in [3.8, 4) is 5.75 Å². The number of sulfonamides is 1. The molecule has 0 radical (unpaired) electrons. The van der Waals surface area contributed by atoms with Crippen LogP contribution in [0.2, 0.25) is 0 Å². The summed E-state index contributed by atoms with van der Waals surface area (Å²) in [7, 11) is -3.64. The summed E-state index contributed by atoms with van der Waals surface area (Å²) in [6.07, 6.45) is 4.61. The Balaban J connectivity index is 1.95. The van der Waals surface area contributed by atoms with Crippen LogP contribution in [-0.2, 0) is 14.8 Å². The van der Waals surface area contributed by atoms with E-state index in [0.717, 1.165) is 34.7 Å². The molecular weight excluding hydrogens is 458 g/mol. The largest absolute Gasteiger partial charge is 0.494 e.